The fourth-order valence-electron chi connectivity index (χ4n) is 2.39. The van der Waals surface area contributed by atoms with Gasteiger partial charge in [0.15, 0.2) is 0 Å². The Bertz CT molecular complexity index is 1100. The molecule has 0 atom stereocenters. The molecule has 0 saturated heterocycles. The molecule has 0 fully saturated rings. The van der Waals surface area contributed by atoms with Crippen molar-refractivity contribution in [1.82, 2.24) is 15.0 Å². The highest BCUT2D eigenvalue weighted by Crippen LogP contribution is 2.40. The van der Waals surface area contributed by atoms with Gasteiger partial charge in [-0.05, 0) is 37.6 Å². The van der Waals surface area contributed by atoms with E-state index in [9.17, 15) is 9.36 Å². The highest BCUT2D eigenvalue weighted by atomic mass is 32.2. The molecule has 0 aliphatic rings. The largest absolute Gasteiger partial charge is 0.491 e. The number of hydrogen-bond acceptors (Lipinski definition) is 5. The number of hydrogen-bond donors (Lipinski definition) is 4. The van der Waals surface area contributed by atoms with Crippen LogP contribution in [0.1, 0.15) is 19.4 Å². The molecule has 142 valence electrons. The van der Waals surface area contributed by atoms with Crippen molar-refractivity contribution < 1.29 is 19.1 Å². The molecular weight excluding hydrogens is 389 g/mol. The first-order valence-corrected chi connectivity index (χ1v) is 10.5. The van der Waals surface area contributed by atoms with E-state index in [0.717, 1.165) is 5.82 Å². The third-order valence-corrected chi connectivity index (χ3v) is 5.10. The third-order valence-electron chi connectivity index (χ3n) is 3.46. The summed E-state index contributed by atoms with van der Waals surface area (Å²) in [6.07, 6.45) is 4.35. The van der Waals surface area contributed by atoms with Gasteiger partial charge in [0.1, 0.15) is 16.8 Å². The minimum atomic E-state index is -4.29. The fourth-order valence-corrected chi connectivity index (χ4v) is 3.78. The van der Waals surface area contributed by atoms with Gasteiger partial charge in [-0.2, -0.15) is 0 Å². The highest BCUT2D eigenvalue weighted by Gasteiger charge is 2.13. The fraction of sp³-hybridized carbons (Fsp3) is 0.176. The molecule has 0 aliphatic heterocycles. The smallest absolute Gasteiger partial charge is 0.349 e. The van der Waals surface area contributed by atoms with Gasteiger partial charge in [-0.25, -0.2) is 4.98 Å². The number of nitrogens with zero attached hydrogens (tertiary/aromatic N) is 1. The van der Waals surface area contributed by atoms with E-state index in [1.807, 2.05) is 13.8 Å². The van der Waals surface area contributed by atoms with E-state index in [4.69, 9.17) is 14.5 Å². The van der Waals surface area contributed by atoms with E-state index < -0.39 is 7.60 Å². The molecule has 0 bridgehead atoms. The molecule has 0 aliphatic carbocycles. The standard InChI is InChI=1S/C17H18N3O5PS/c1-10(2)25-12-4-3-11(5-6-26(22,23)24)13(7-12)27-14-8-18-16-15(14)19-9-20-17(16)21/h3-10,18H,1-2H3,(H,19,20,21)(H2,22,23,24)/b6-5+. The maximum Gasteiger partial charge on any atom is 0.349 e. The predicted molar refractivity (Wildman–Crippen MR) is 104 cm³/mol. The van der Waals surface area contributed by atoms with Crippen LogP contribution in [0.2, 0.25) is 0 Å². The summed E-state index contributed by atoms with van der Waals surface area (Å²) in [7, 11) is -4.29. The van der Waals surface area contributed by atoms with Crippen LogP contribution in [0.4, 0.5) is 0 Å². The first kappa shape index (κ1) is 19.4. The zero-order valence-corrected chi connectivity index (χ0v) is 16.3. The molecule has 2 aromatic heterocycles. The monoisotopic (exact) mass is 407 g/mol. The van der Waals surface area contributed by atoms with Gasteiger partial charge in [0, 0.05) is 16.9 Å². The van der Waals surface area contributed by atoms with Gasteiger partial charge < -0.3 is 24.5 Å². The average Bonchev–Trinajstić information content (AvgIpc) is 2.97. The average molecular weight is 407 g/mol. The van der Waals surface area contributed by atoms with Crippen LogP contribution in [0, 0.1) is 0 Å². The number of H-pyrrole nitrogens is 2. The van der Waals surface area contributed by atoms with Crippen LogP contribution in [-0.2, 0) is 4.57 Å². The van der Waals surface area contributed by atoms with Crippen LogP contribution in [0.25, 0.3) is 17.1 Å². The molecule has 10 heteroatoms. The molecule has 0 amide bonds. The molecule has 3 rings (SSSR count). The first-order valence-electron chi connectivity index (χ1n) is 8.01. The maximum atomic E-state index is 11.8. The lowest BCUT2D eigenvalue weighted by atomic mass is 10.2. The van der Waals surface area contributed by atoms with E-state index in [0.29, 0.717) is 32.1 Å². The lowest BCUT2D eigenvalue weighted by Gasteiger charge is -2.12. The van der Waals surface area contributed by atoms with Gasteiger partial charge in [0.25, 0.3) is 5.56 Å². The number of fused-ring (bicyclic) bond motifs is 1. The maximum absolute atomic E-state index is 11.8. The lowest BCUT2D eigenvalue weighted by Crippen LogP contribution is -2.05. The molecule has 0 spiro atoms. The minimum absolute atomic E-state index is 0.0207. The normalized spacial score (nSPS) is 12.3. The van der Waals surface area contributed by atoms with E-state index in [2.05, 4.69) is 15.0 Å². The Morgan fingerprint density at radius 1 is 1.26 bits per heavy atom. The molecule has 4 N–H and O–H groups in total. The predicted octanol–water partition coefficient (Wildman–Crippen LogP) is 3.34. The Hall–Kier alpha value is -2.32. The summed E-state index contributed by atoms with van der Waals surface area (Å²) in [5.41, 5.74) is 1.22. The van der Waals surface area contributed by atoms with E-state index in [1.165, 1.54) is 24.2 Å². The molecule has 27 heavy (non-hydrogen) atoms. The van der Waals surface area contributed by atoms with Crippen LogP contribution in [-0.4, -0.2) is 30.8 Å². The van der Waals surface area contributed by atoms with Crippen molar-refractivity contribution in [3.63, 3.8) is 0 Å². The van der Waals surface area contributed by atoms with Crippen molar-refractivity contribution >= 4 is 36.5 Å². The van der Waals surface area contributed by atoms with Crippen molar-refractivity contribution in [2.45, 2.75) is 29.7 Å². The molecule has 1 aromatic carbocycles. The number of benzene rings is 1. The Kier molecular flexibility index (Phi) is 5.57. The second kappa shape index (κ2) is 7.74. The minimum Gasteiger partial charge on any atom is -0.491 e. The van der Waals surface area contributed by atoms with Crippen molar-refractivity contribution in [3.05, 3.63) is 52.5 Å². The Balaban J connectivity index is 2.04. The molecule has 0 unspecified atom stereocenters. The summed E-state index contributed by atoms with van der Waals surface area (Å²) in [6.45, 7) is 3.81. The molecule has 2 heterocycles. The van der Waals surface area contributed by atoms with Gasteiger partial charge in [0.05, 0.1) is 17.3 Å². The topological polar surface area (TPSA) is 128 Å². The number of ether oxygens (including phenoxy) is 1. The van der Waals surface area contributed by atoms with Crippen molar-refractivity contribution in [2.24, 2.45) is 0 Å². The van der Waals surface area contributed by atoms with Crippen LogP contribution in [0.3, 0.4) is 0 Å². The summed E-state index contributed by atoms with van der Waals surface area (Å²) in [4.78, 5) is 41.1. The number of rotatable bonds is 6. The second-order valence-electron chi connectivity index (χ2n) is 5.98. The molecular formula is C17H18N3O5PS. The summed E-state index contributed by atoms with van der Waals surface area (Å²) in [5.74, 6) is 1.49. The number of aromatic nitrogens is 3. The zero-order chi connectivity index (χ0) is 19.6. The van der Waals surface area contributed by atoms with Crippen LogP contribution in [0.5, 0.6) is 5.75 Å². The number of aromatic amines is 2. The van der Waals surface area contributed by atoms with Crippen LogP contribution >= 0.6 is 19.4 Å². The summed E-state index contributed by atoms with van der Waals surface area (Å²) >= 11 is 1.32. The quantitative estimate of drug-likeness (QED) is 0.461. The summed E-state index contributed by atoms with van der Waals surface area (Å²) < 4.78 is 16.9. The van der Waals surface area contributed by atoms with Gasteiger partial charge in [-0.3, -0.25) is 9.36 Å². The van der Waals surface area contributed by atoms with E-state index in [1.54, 1.807) is 24.4 Å². The van der Waals surface area contributed by atoms with Gasteiger partial charge in [-0.1, -0.05) is 17.8 Å². The van der Waals surface area contributed by atoms with Gasteiger partial charge in [0.2, 0.25) is 0 Å². The molecule has 8 nitrogen and oxygen atoms in total. The Morgan fingerprint density at radius 2 is 2.04 bits per heavy atom. The second-order valence-corrected chi connectivity index (χ2v) is 8.54. The summed E-state index contributed by atoms with van der Waals surface area (Å²) in [5, 5.41) is 0. The molecule has 0 radical (unpaired) electrons. The van der Waals surface area contributed by atoms with E-state index in [-0.39, 0.29) is 11.7 Å². The third kappa shape index (κ3) is 4.90. The highest BCUT2D eigenvalue weighted by molar-refractivity contribution is 7.99. The van der Waals surface area contributed by atoms with Crippen LogP contribution < -0.4 is 10.3 Å². The number of nitrogens with one attached hydrogen (secondary N) is 2. The van der Waals surface area contributed by atoms with Crippen molar-refractivity contribution in [3.8, 4) is 5.75 Å². The van der Waals surface area contributed by atoms with Crippen LogP contribution in [0.15, 0.2) is 51.1 Å². The zero-order valence-electron chi connectivity index (χ0n) is 14.5. The Labute approximate surface area is 158 Å². The summed E-state index contributed by atoms with van der Waals surface area (Å²) in [6, 6.07) is 5.25. The van der Waals surface area contributed by atoms with Crippen molar-refractivity contribution in [1.29, 1.82) is 0 Å². The SMILES string of the molecule is CC(C)Oc1ccc(/C=C/P(=O)(O)O)c(Sc2c[nH]c3c(=O)[nH]cnc23)c1. The van der Waals surface area contributed by atoms with Gasteiger partial charge in [-0.15, -0.1) is 0 Å². The lowest BCUT2D eigenvalue weighted by molar-refractivity contribution is 0.242. The van der Waals surface area contributed by atoms with Crippen molar-refractivity contribution in [2.75, 3.05) is 0 Å². The first-order chi connectivity index (χ1) is 12.7. The Morgan fingerprint density at radius 3 is 2.74 bits per heavy atom. The van der Waals surface area contributed by atoms with Gasteiger partial charge >= 0.3 is 7.60 Å². The molecule has 0 saturated carbocycles. The molecule has 3 aromatic rings. The van der Waals surface area contributed by atoms with E-state index >= 15 is 0 Å².